The lowest BCUT2D eigenvalue weighted by atomic mass is 10.1. The number of methoxy groups -OCH3 is 2. The van der Waals surface area contributed by atoms with Crippen molar-refractivity contribution in [1.29, 1.82) is 0 Å². The van der Waals surface area contributed by atoms with Crippen LogP contribution in [0.2, 0.25) is 0 Å². The van der Waals surface area contributed by atoms with Gasteiger partial charge in [-0.05, 0) is 30.7 Å². The molecule has 1 aromatic heterocycles. The second-order valence-corrected chi connectivity index (χ2v) is 6.95. The van der Waals surface area contributed by atoms with E-state index in [-0.39, 0.29) is 18.4 Å². The molecular weight excluding hydrogens is 370 g/mol. The molecule has 2 aromatic rings. The van der Waals surface area contributed by atoms with E-state index < -0.39 is 0 Å². The Bertz CT molecular complexity index is 803. The fourth-order valence-corrected chi connectivity index (χ4v) is 3.05. The average molecular weight is 402 g/mol. The zero-order valence-electron chi connectivity index (χ0n) is 17.8. The second kappa shape index (κ2) is 11.4. The monoisotopic (exact) mass is 401 g/mol. The molecule has 0 radical (unpaired) electrons. The van der Waals surface area contributed by atoms with Gasteiger partial charge in [0, 0.05) is 51.8 Å². The number of amides is 2. The predicted molar refractivity (Wildman–Crippen MR) is 112 cm³/mol. The van der Waals surface area contributed by atoms with Crippen LogP contribution in [-0.2, 0) is 27.9 Å². The number of ether oxygens (including phenoxy) is 2. The highest BCUT2D eigenvalue weighted by molar-refractivity contribution is 5.97. The van der Waals surface area contributed by atoms with Crippen LogP contribution in [0.3, 0.4) is 0 Å². The van der Waals surface area contributed by atoms with Gasteiger partial charge in [0.1, 0.15) is 6.54 Å². The van der Waals surface area contributed by atoms with Gasteiger partial charge in [0.05, 0.1) is 19.8 Å². The third kappa shape index (κ3) is 6.44. The quantitative estimate of drug-likeness (QED) is 0.578. The highest BCUT2D eigenvalue weighted by Gasteiger charge is 2.23. The average Bonchev–Trinajstić information content (AvgIpc) is 3.12. The van der Waals surface area contributed by atoms with Gasteiger partial charge in [0.2, 0.25) is 5.91 Å². The van der Waals surface area contributed by atoms with Crippen molar-refractivity contribution >= 4 is 11.8 Å². The van der Waals surface area contributed by atoms with E-state index in [9.17, 15) is 9.59 Å². The molecule has 0 bridgehead atoms. The van der Waals surface area contributed by atoms with Gasteiger partial charge >= 0.3 is 0 Å². The summed E-state index contributed by atoms with van der Waals surface area (Å²) < 4.78 is 12.3. The summed E-state index contributed by atoms with van der Waals surface area (Å²) in [5, 5.41) is 0. The van der Waals surface area contributed by atoms with Crippen molar-refractivity contribution in [2.75, 3.05) is 47.1 Å². The highest BCUT2D eigenvalue weighted by atomic mass is 16.5. The van der Waals surface area contributed by atoms with Crippen molar-refractivity contribution in [1.82, 2.24) is 14.4 Å². The van der Waals surface area contributed by atoms with Gasteiger partial charge in [0.15, 0.2) is 0 Å². The van der Waals surface area contributed by atoms with Crippen LogP contribution in [-0.4, -0.2) is 73.2 Å². The molecule has 0 unspecified atom stereocenters. The number of hydrogen-bond acceptors (Lipinski definition) is 4. The Labute approximate surface area is 172 Å². The minimum atomic E-state index is -0.168. The zero-order valence-corrected chi connectivity index (χ0v) is 17.8. The molecule has 29 heavy (non-hydrogen) atoms. The molecule has 0 aliphatic rings. The number of nitrogens with zero attached hydrogens (tertiary/aromatic N) is 3. The first-order valence-electron chi connectivity index (χ1n) is 9.68. The number of carbonyl (C=O) groups is 2. The van der Waals surface area contributed by atoms with E-state index in [2.05, 4.69) is 0 Å². The maximum absolute atomic E-state index is 13.1. The molecule has 2 rings (SSSR count). The van der Waals surface area contributed by atoms with Crippen molar-refractivity contribution in [2.24, 2.45) is 7.05 Å². The van der Waals surface area contributed by atoms with Crippen LogP contribution in [0, 0.1) is 6.92 Å². The van der Waals surface area contributed by atoms with Crippen LogP contribution in [0.1, 0.15) is 21.6 Å². The Morgan fingerprint density at radius 1 is 0.966 bits per heavy atom. The molecule has 0 aliphatic heterocycles. The number of hydrogen-bond donors (Lipinski definition) is 0. The molecular formula is C22H31N3O4. The second-order valence-electron chi connectivity index (χ2n) is 6.95. The Morgan fingerprint density at radius 2 is 1.62 bits per heavy atom. The highest BCUT2D eigenvalue weighted by Crippen LogP contribution is 2.12. The molecule has 0 saturated carbocycles. The van der Waals surface area contributed by atoms with Gasteiger partial charge < -0.3 is 23.8 Å². The third-order valence-electron chi connectivity index (χ3n) is 4.88. The minimum Gasteiger partial charge on any atom is -0.383 e. The number of benzene rings is 1. The van der Waals surface area contributed by atoms with Gasteiger partial charge in [-0.3, -0.25) is 9.59 Å². The first kappa shape index (κ1) is 22.6. The molecule has 0 spiro atoms. The first-order chi connectivity index (χ1) is 14.0. The lowest BCUT2D eigenvalue weighted by Crippen LogP contribution is -2.45. The number of carbonyl (C=O) groups excluding carboxylic acids is 2. The summed E-state index contributed by atoms with van der Waals surface area (Å²) in [6, 6.07) is 11.3. The van der Waals surface area contributed by atoms with Crippen molar-refractivity contribution in [3.05, 3.63) is 59.4 Å². The van der Waals surface area contributed by atoms with E-state index in [4.69, 9.17) is 9.47 Å². The van der Waals surface area contributed by atoms with E-state index in [1.54, 1.807) is 30.1 Å². The Hall–Kier alpha value is -2.64. The van der Waals surface area contributed by atoms with Crippen molar-refractivity contribution in [2.45, 2.75) is 13.5 Å². The van der Waals surface area contributed by atoms with Crippen LogP contribution < -0.4 is 0 Å². The molecule has 0 aliphatic carbocycles. The molecule has 0 atom stereocenters. The van der Waals surface area contributed by atoms with Gasteiger partial charge in [-0.25, -0.2) is 0 Å². The Kier molecular flexibility index (Phi) is 8.89. The topological polar surface area (TPSA) is 64.0 Å². The molecule has 0 saturated heterocycles. The summed E-state index contributed by atoms with van der Waals surface area (Å²) in [7, 11) is 5.14. The van der Waals surface area contributed by atoms with E-state index in [1.807, 2.05) is 55.1 Å². The maximum atomic E-state index is 13.1. The molecule has 1 aromatic carbocycles. The van der Waals surface area contributed by atoms with Crippen LogP contribution in [0.15, 0.2) is 42.6 Å². The molecule has 2 amide bonds. The van der Waals surface area contributed by atoms with E-state index in [0.717, 1.165) is 11.3 Å². The molecule has 7 heteroatoms. The number of aryl methyl sites for hydroxylation is 2. The molecule has 158 valence electrons. The summed E-state index contributed by atoms with van der Waals surface area (Å²) in [5.74, 6) is -0.291. The number of rotatable bonds is 11. The van der Waals surface area contributed by atoms with Crippen molar-refractivity contribution in [3.63, 3.8) is 0 Å². The van der Waals surface area contributed by atoms with E-state index in [1.165, 1.54) is 0 Å². The first-order valence-corrected chi connectivity index (χ1v) is 9.68. The lowest BCUT2D eigenvalue weighted by molar-refractivity contribution is -0.133. The summed E-state index contributed by atoms with van der Waals surface area (Å²) in [4.78, 5) is 29.5. The summed E-state index contributed by atoms with van der Waals surface area (Å²) in [6.45, 7) is 3.94. The zero-order chi connectivity index (χ0) is 21.2. The van der Waals surface area contributed by atoms with Crippen LogP contribution in [0.25, 0.3) is 0 Å². The van der Waals surface area contributed by atoms with Crippen LogP contribution >= 0.6 is 0 Å². The predicted octanol–water partition coefficient (Wildman–Crippen LogP) is 2.10. The summed E-state index contributed by atoms with van der Waals surface area (Å²) in [6.07, 6.45) is 1.95. The van der Waals surface area contributed by atoms with Gasteiger partial charge in [-0.2, -0.15) is 0 Å². The van der Waals surface area contributed by atoms with E-state index in [0.29, 0.717) is 38.4 Å². The summed E-state index contributed by atoms with van der Waals surface area (Å²) in [5.41, 5.74) is 2.50. The maximum Gasteiger partial charge on any atom is 0.254 e. The van der Waals surface area contributed by atoms with Gasteiger partial charge in [0.25, 0.3) is 5.91 Å². The fraction of sp³-hybridized carbons (Fsp3) is 0.455. The lowest BCUT2D eigenvalue weighted by Gasteiger charge is -2.28. The van der Waals surface area contributed by atoms with Gasteiger partial charge in [-0.15, -0.1) is 0 Å². The Balaban J connectivity index is 2.17. The largest absolute Gasteiger partial charge is 0.383 e. The van der Waals surface area contributed by atoms with Crippen LogP contribution in [0.4, 0.5) is 0 Å². The molecule has 0 N–H and O–H groups in total. The van der Waals surface area contributed by atoms with Crippen molar-refractivity contribution < 1.29 is 19.1 Å². The standard InChI is InChI=1S/C22H31N3O4/c1-18-8-5-6-10-20(18)22(27)25(13-15-29-4)17-21(26)24(12-14-28-3)16-19-9-7-11-23(19)2/h5-11H,12-17H2,1-4H3. The van der Waals surface area contributed by atoms with Crippen LogP contribution in [0.5, 0.6) is 0 Å². The third-order valence-corrected chi connectivity index (χ3v) is 4.88. The Morgan fingerprint density at radius 3 is 2.21 bits per heavy atom. The molecule has 7 nitrogen and oxygen atoms in total. The van der Waals surface area contributed by atoms with E-state index >= 15 is 0 Å². The molecule has 0 fully saturated rings. The fourth-order valence-electron chi connectivity index (χ4n) is 3.05. The molecule has 1 heterocycles. The smallest absolute Gasteiger partial charge is 0.254 e. The minimum absolute atomic E-state index is 0.00926. The van der Waals surface area contributed by atoms with Gasteiger partial charge in [-0.1, -0.05) is 18.2 Å². The van der Waals surface area contributed by atoms with Crippen molar-refractivity contribution in [3.8, 4) is 0 Å². The SMILES string of the molecule is COCCN(Cc1cccn1C)C(=O)CN(CCOC)C(=O)c1ccccc1C. The summed E-state index contributed by atoms with van der Waals surface area (Å²) >= 11 is 0. The normalized spacial score (nSPS) is 10.8. The number of aromatic nitrogens is 1.